The van der Waals surface area contributed by atoms with Crippen molar-refractivity contribution in [2.75, 3.05) is 0 Å². The van der Waals surface area contributed by atoms with E-state index in [9.17, 15) is 23.9 Å². The maximum Gasteiger partial charge on any atom is 0.407 e. The van der Waals surface area contributed by atoms with E-state index in [-0.39, 0.29) is 17.1 Å². The number of halogens is 1. The van der Waals surface area contributed by atoms with Crippen LogP contribution in [0.1, 0.15) is 52.5 Å². The van der Waals surface area contributed by atoms with Crippen LogP contribution in [-0.4, -0.2) is 46.8 Å². The minimum absolute atomic E-state index is 0.00168. The van der Waals surface area contributed by atoms with Gasteiger partial charge in [0.1, 0.15) is 5.82 Å². The summed E-state index contributed by atoms with van der Waals surface area (Å²) in [7, 11) is 0. The number of benzene rings is 1. The Hall–Kier alpha value is -4.34. The molecular weight excluding hydrogens is 501 g/mol. The molecule has 0 unspecified atom stereocenters. The van der Waals surface area contributed by atoms with Gasteiger partial charge in [0.2, 0.25) is 0 Å². The zero-order valence-electron chi connectivity index (χ0n) is 22.0. The summed E-state index contributed by atoms with van der Waals surface area (Å²) in [6, 6.07) is 13.1. The number of pyridine rings is 2. The summed E-state index contributed by atoms with van der Waals surface area (Å²) in [4.78, 5) is 49.5. The summed E-state index contributed by atoms with van der Waals surface area (Å²) < 4.78 is 16.8. The molecule has 10 heteroatoms. The van der Waals surface area contributed by atoms with E-state index in [4.69, 9.17) is 0 Å². The molecule has 5 rings (SSSR count). The first kappa shape index (κ1) is 26.3. The molecule has 1 aliphatic carbocycles. The molecule has 3 heterocycles. The van der Waals surface area contributed by atoms with Crippen LogP contribution in [0, 0.1) is 5.82 Å². The van der Waals surface area contributed by atoms with Crippen LogP contribution in [0.15, 0.2) is 70.5 Å². The minimum Gasteiger partial charge on any atom is -0.465 e. The van der Waals surface area contributed by atoms with Crippen molar-refractivity contribution in [3.05, 3.63) is 87.6 Å². The molecular formula is C29H30FN5O4. The Morgan fingerprint density at radius 1 is 1.03 bits per heavy atom. The lowest BCUT2D eigenvalue weighted by molar-refractivity contribution is 0.0506. The number of nitrogens with zero attached hydrogens (tertiary/aromatic N) is 5. The fourth-order valence-electron chi connectivity index (χ4n) is 5.64. The number of rotatable bonds is 4. The van der Waals surface area contributed by atoms with Gasteiger partial charge in [-0.1, -0.05) is 18.2 Å². The summed E-state index contributed by atoms with van der Waals surface area (Å²) in [6.45, 7) is 5.54. The second kappa shape index (κ2) is 10.1. The molecule has 9 nitrogen and oxygen atoms in total. The average Bonchev–Trinajstić information content (AvgIpc) is 2.90. The molecule has 202 valence electrons. The first-order valence-electron chi connectivity index (χ1n) is 12.9. The predicted molar refractivity (Wildman–Crippen MR) is 146 cm³/mol. The van der Waals surface area contributed by atoms with Crippen molar-refractivity contribution in [3.8, 4) is 16.9 Å². The van der Waals surface area contributed by atoms with Gasteiger partial charge < -0.3 is 10.0 Å². The minimum atomic E-state index is -0.995. The molecule has 3 aromatic heterocycles. The predicted octanol–water partition coefficient (Wildman–Crippen LogP) is 5.01. The number of hydrogen-bond donors (Lipinski definition) is 1. The molecule has 0 spiro atoms. The normalized spacial score (nSPS) is 17.7. The topological polar surface area (TPSA) is 110 Å². The lowest BCUT2D eigenvalue weighted by atomic mass is 9.88. The molecule has 1 aromatic carbocycles. The summed E-state index contributed by atoms with van der Waals surface area (Å²) in [6.07, 6.45) is 3.52. The zero-order valence-corrected chi connectivity index (χ0v) is 22.0. The van der Waals surface area contributed by atoms with E-state index in [1.165, 1.54) is 14.0 Å². The van der Waals surface area contributed by atoms with Gasteiger partial charge in [-0.05, 0) is 76.8 Å². The maximum atomic E-state index is 14.3. The van der Waals surface area contributed by atoms with Crippen molar-refractivity contribution >= 4 is 17.1 Å². The Kier molecular flexibility index (Phi) is 6.80. The van der Waals surface area contributed by atoms with Gasteiger partial charge >= 0.3 is 11.8 Å². The average molecular weight is 532 g/mol. The first-order valence-corrected chi connectivity index (χ1v) is 12.9. The van der Waals surface area contributed by atoms with E-state index in [0.29, 0.717) is 37.1 Å². The van der Waals surface area contributed by atoms with Gasteiger partial charge in [0.25, 0.3) is 5.56 Å². The van der Waals surface area contributed by atoms with Gasteiger partial charge in [-0.15, -0.1) is 0 Å². The standard InChI is InChI=1S/C29H30FN5O4/c1-29(2,3)35(28(38)39)21-12-10-20(11-13-21)34-26(36)23-16-19(30)17-32-25(23)33(27(34)37)22-8-6-7-18(15-22)24-9-4-5-14-31-24/h4-9,14-17,20-21H,10-13H2,1-3H3,(H,38,39)/t20-,21+. The first-order chi connectivity index (χ1) is 18.6. The van der Waals surface area contributed by atoms with Crippen LogP contribution in [-0.2, 0) is 0 Å². The number of fused-ring (bicyclic) bond motifs is 1. The molecule has 1 saturated carbocycles. The Bertz CT molecular complexity index is 1650. The summed E-state index contributed by atoms with van der Waals surface area (Å²) in [5.74, 6) is -0.676. The zero-order chi connectivity index (χ0) is 27.9. The van der Waals surface area contributed by atoms with Crippen molar-refractivity contribution < 1.29 is 14.3 Å². The third kappa shape index (κ3) is 4.94. The Morgan fingerprint density at radius 2 is 1.77 bits per heavy atom. The molecule has 0 aliphatic heterocycles. The maximum absolute atomic E-state index is 14.3. The highest BCUT2D eigenvalue weighted by Gasteiger charge is 2.36. The SMILES string of the molecule is CC(C)(C)N(C(=O)O)[C@H]1CC[C@@H](n2c(=O)c3cc(F)cnc3n(-c3cccc(-c4ccccn4)c3)c2=O)CC1. The fourth-order valence-corrected chi connectivity index (χ4v) is 5.64. The molecule has 0 atom stereocenters. The van der Waals surface area contributed by atoms with Crippen molar-refractivity contribution in [1.29, 1.82) is 0 Å². The lowest BCUT2D eigenvalue weighted by Gasteiger charge is -2.42. The quantitative estimate of drug-likeness (QED) is 0.396. The van der Waals surface area contributed by atoms with Crippen LogP contribution in [0.4, 0.5) is 9.18 Å². The van der Waals surface area contributed by atoms with E-state index in [2.05, 4.69) is 9.97 Å². The van der Waals surface area contributed by atoms with Crippen molar-refractivity contribution in [1.82, 2.24) is 24.0 Å². The number of hydrogen-bond acceptors (Lipinski definition) is 5. The van der Waals surface area contributed by atoms with E-state index >= 15 is 0 Å². The second-order valence-electron chi connectivity index (χ2n) is 10.9. The van der Waals surface area contributed by atoms with Crippen LogP contribution in [0.2, 0.25) is 0 Å². The van der Waals surface area contributed by atoms with Crippen LogP contribution in [0.25, 0.3) is 28.0 Å². The molecule has 1 aliphatic rings. The van der Waals surface area contributed by atoms with Crippen LogP contribution < -0.4 is 11.2 Å². The fraction of sp³-hybridized carbons (Fsp3) is 0.345. The van der Waals surface area contributed by atoms with Crippen LogP contribution in [0.5, 0.6) is 0 Å². The van der Waals surface area contributed by atoms with Crippen LogP contribution in [0.3, 0.4) is 0 Å². The van der Waals surface area contributed by atoms with Gasteiger partial charge in [0, 0.05) is 29.4 Å². The molecule has 0 radical (unpaired) electrons. The van der Waals surface area contributed by atoms with E-state index in [1.54, 1.807) is 24.4 Å². The van der Waals surface area contributed by atoms with Gasteiger partial charge in [0.05, 0.1) is 23.0 Å². The van der Waals surface area contributed by atoms with E-state index in [1.807, 2.05) is 45.0 Å². The molecule has 1 amide bonds. The molecule has 4 aromatic rings. The smallest absolute Gasteiger partial charge is 0.407 e. The third-order valence-corrected chi connectivity index (χ3v) is 7.28. The Labute approximate surface area is 224 Å². The largest absolute Gasteiger partial charge is 0.465 e. The highest BCUT2D eigenvalue weighted by molar-refractivity contribution is 5.76. The molecule has 39 heavy (non-hydrogen) atoms. The van der Waals surface area contributed by atoms with Crippen molar-refractivity contribution in [2.45, 2.75) is 64.1 Å². The molecule has 1 fully saturated rings. The van der Waals surface area contributed by atoms with Gasteiger partial charge in [-0.2, -0.15) is 0 Å². The number of carbonyl (C=O) groups is 1. The molecule has 1 N–H and O–H groups in total. The number of amides is 1. The molecule has 0 saturated heterocycles. The Morgan fingerprint density at radius 3 is 2.41 bits per heavy atom. The van der Waals surface area contributed by atoms with E-state index < -0.39 is 34.7 Å². The number of aromatic nitrogens is 4. The van der Waals surface area contributed by atoms with Crippen LogP contribution >= 0.6 is 0 Å². The second-order valence-corrected chi connectivity index (χ2v) is 10.9. The van der Waals surface area contributed by atoms with Crippen molar-refractivity contribution in [2.24, 2.45) is 0 Å². The number of carboxylic acid groups (broad SMARTS) is 1. The summed E-state index contributed by atoms with van der Waals surface area (Å²) in [5.41, 5.74) is 0.262. The summed E-state index contributed by atoms with van der Waals surface area (Å²) >= 11 is 0. The van der Waals surface area contributed by atoms with Gasteiger partial charge in [0.15, 0.2) is 5.65 Å². The highest BCUT2D eigenvalue weighted by Crippen LogP contribution is 2.33. The lowest BCUT2D eigenvalue weighted by Crippen LogP contribution is -2.53. The van der Waals surface area contributed by atoms with Gasteiger partial charge in [-0.25, -0.2) is 23.5 Å². The summed E-state index contributed by atoms with van der Waals surface area (Å²) in [5, 5.41) is 9.82. The highest BCUT2D eigenvalue weighted by atomic mass is 19.1. The van der Waals surface area contributed by atoms with Crippen molar-refractivity contribution in [3.63, 3.8) is 0 Å². The third-order valence-electron chi connectivity index (χ3n) is 7.28. The monoisotopic (exact) mass is 531 g/mol. The van der Waals surface area contributed by atoms with E-state index in [0.717, 1.165) is 17.8 Å². The Balaban J connectivity index is 1.61. The van der Waals surface area contributed by atoms with Gasteiger partial charge in [-0.3, -0.25) is 14.3 Å². The molecule has 0 bridgehead atoms.